The van der Waals surface area contributed by atoms with Crippen molar-refractivity contribution >= 4 is 6.08 Å². The van der Waals surface area contributed by atoms with Crippen LogP contribution in [0.1, 0.15) is 50.7 Å². The van der Waals surface area contributed by atoms with Crippen molar-refractivity contribution in [2.24, 2.45) is 17.3 Å². The van der Waals surface area contributed by atoms with Gasteiger partial charge in [0, 0.05) is 5.56 Å². The Bertz CT molecular complexity index is 584. The Morgan fingerprint density at radius 3 is 2.74 bits per heavy atom. The van der Waals surface area contributed by atoms with Crippen molar-refractivity contribution in [2.45, 2.75) is 39.5 Å². The summed E-state index contributed by atoms with van der Waals surface area (Å²) < 4.78 is 0. The molecule has 0 spiro atoms. The van der Waals surface area contributed by atoms with Gasteiger partial charge in [-0.1, -0.05) is 51.1 Å². The summed E-state index contributed by atoms with van der Waals surface area (Å²) in [5.74, 6) is 1.87. The van der Waals surface area contributed by atoms with Crippen LogP contribution >= 0.6 is 0 Å². The van der Waals surface area contributed by atoms with Crippen LogP contribution in [-0.4, -0.2) is 0 Å². The van der Waals surface area contributed by atoms with E-state index in [0.29, 0.717) is 17.8 Å². The largest absolute Gasteiger partial charge is 0.289 e. The fourth-order valence-corrected chi connectivity index (χ4v) is 4.13. The van der Waals surface area contributed by atoms with Gasteiger partial charge in [0.05, 0.1) is 0 Å². The molecule has 100 valence electrons. The Morgan fingerprint density at radius 1 is 1.26 bits per heavy atom. The predicted octanol–water partition coefficient (Wildman–Crippen LogP) is 4.23. The molecule has 2 aliphatic rings. The first-order chi connectivity index (χ1) is 9.03. The smallest absolute Gasteiger partial charge is 0.186 e. The van der Waals surface area contributed by atoms with Crippen LogP contribution in [0, 0.1) is 17.3 Å². The quantitative estimate of drug-likeness (QED) is 0.733. The molecule has 0 aliphatic heterocycles. The molecule has 0 unspecified atom stereocenters. The average Bonchev–Trinajstić information content (AvgIpc) is 2.61. The SMILES string of the molecule is CC(C)[C@H]1CC[C@]2(C)C=Cc3c(ccccc3=O)[C@H]12. The summed E-state index contributed by atoms with van der Waals surface area (Å²) in [6.45, 7) is 6.99. The van der Waals surface area contributed by atoms with E-state index >= 15 is 0 Å². The van der Waals surface area contributed by atoms with Crippen LogP contribution in [-0.2, 0) is 0 Å². The van der Waals surface area contributed by atoms with Gasteiger partial charge in [0.2, 0.25) is 0 Å². The normalized spacial score (nSPS) is 32.2. The Kier molecular flexibility index (Phi) is 2.88. The minimum atomic E-state index is 0.160. The van der Waals surface area contributed by atoms with E-state index in [4.69, 9.17) is 0 Å². The molecule has 3 atom stereocenters. The first-order valence-corrected chi connectivity index (χ1v) is 7.35. The summed E-state index contributed by atoms with van der Waals surface area (Å²) in [6, 6.07) is 7.75. The lowest BCUT2D eigenvalue weighted by atomic mass is 9.67. The molecule has 1 aromatic rings. The van der Waals surface area contributed by atoms with E-state index in [1.54, 1.807) is 6.07 Å². The topological polar surface area (TPSA) is 17.1 Å². The standard InChI is InChI=1S/C18H22O/c1-12(2)13-8-10-18(3)11-9-14-15(17(13)18)6-4-5-7-16(14)19/h4-7,9,11-13,17H,8,10H2,1-3H3/t13-,17+,18-/m1/s1. The van der Waals surface area contributed by atoms with Crippen LogP contribution in [0.5, 0.6) is 0 Å². The Labute approximate surface area is 115 Å². The van der Waals surface area contributed by atoms with E-state index in [0.717, 1.165) is 5.56 Å². The molecule has 0 heterocycles. The molecule has 1 fully saturated rings. The van der Waals surface area contributed by atoms with Gasteiger partial charge < -0.3 is 0 Å². The van der Waals surface area contributed by atoms with Crippen molar-refractivity contribution < 1.29 is 0 Å². The lowest BCUT2D eigenvalue weighted by molar-refractivity contribution is 0.289. The van der Waals surface area contributed by atoms with Crippen LogP contribution in [0.3, 0.4) is 0 Å². The molecule has 0 amide bonds. The summed E-state index contributed by atoms with van der Waals surface area (Å²) in [7, 11) is 0. The van der Waals surface area contributed by atoms with Gasteiger partial charge in [0.1, 0.15) is 0 Å². The summed E-state index contributed by atoms with van der Waals surface area (Å²) in [5.41, 5.74) is 2.59. The Balaban J connectivity index is 2.23. The van der Waals surface area contributed by atoms with E-state index in [1.807, 2.05) is 12.1 Å². The van der Waals surface area contributed by atoms with Gasteiger partial charge in [-0.15, -0.1) is 0 Å². The molecule has 19 heavy (non-hydrogen) atoms. The van der Waals surface area contributed by atoms with Crippen molar-refractivity contribution in [1.29, 1.82) is 0 Å². The van der Waals surface area contributed by atoms with Gasteiger partial charge in [-0.2, -0.15) is 0 Å². The van der Waals surface area contributed by atoms with E-state index in [1.165, 1.54) is 18.4 Å². The molecule has 0 bridgehead atoms. The zero-order chi connectivity index (χ0) is 13.6. The van der Waals surface area contributed by atoms with Crippen LogP contribution < -0.4 is 5.43 Å². The van der Waals surface area contributed by atoms with E-state index < -0.39 is 0 Å². The summed E-state index contributed by atoms with van der Waals surface area (Å²) in [5, 5.41) is 0. The highest BCUT2D eigenvalue weighted by Gasteiger charge is 2.47. The van der Waals surface area contributed by atoms with Crippen molar-refractivity contribution in [3.63, 3.8) is 0 Å². The average molecular weight is 254 g/mol. The Morgan fingerprint density at radius 2 is 2.00 bits per heavy atom. The molecular formula is C18H22O. The molecule has 0 radical (unpaired) electrons. The minimum absolute atomic E-state index is 0.160. The van der Waals surface area contributed by atoms with E-state index in [2.05, 4.69) is 39.0 Å². The molecule has 1 saturated carbocycles. The van der Waals surface area contributed by atoms with Crippen LogP contribution in [0.15, 0.2) is 35.1 Å². The number of hydrogen-bond acceptors (Lipinski definition) is 1. The van der Waals surface area contributed by atoms with Crippen LogP contribution in [0.4, 0.5) is 0 Å². The van der Waals surface area contributed by atoms with Crippen LogP contribution in [0.2, 0.25) is 0 Å². The van der Waals surface area contributed by atoms with Gasteiger partial charge in [0.15, 0.2) is 5.43 Å². The summed E-state index contributed by atoms with van der Waals surface area (Å²) >= 11 is 0. The van der Waals surface area contributed by atoms with Gasteiger partial charge in [-0.3, -0.25) is 4.79 Å². The minimum Gasteiger partial charge on any atom is -0.289 e. The summed E-state index contributed by atoms with van der Waals surface area (Å²) in [6.07, 6.45) is 6.87. The van der Waals surface area contributed by atoms with Crippen LogP contribution in [0.25, 0.3) is 6.08 Å². The fraction of sp³-hybridized carbons (Fsp3) is 0.500. The van der Waals surface area contributed by atoms with Gasteiger partial charge in [-0.25, -0.2) is 0 Å². The molecule has 0 N–H and O–H groups in total. The van der Waals surface area contributed by atoms with E-state index in [-0.39, 0.29) is 10.8 Å². The maximum Gasteiger partial charge on any atom is 0.186 e. The van der Waals surface area contributed by atoms with Gasteiger partial charge in [0.25, 0.3) is 0 Å². The second-order valence-corrected chi connectivity index (χ2v) is 6.71. The number of rotatable bonds is 1. The van der Waals surface area contributed by atoms with Crippen molar-refractivity contribution in [3.8, 4) is 0 Å². The molecule has 3 rings (SSSR count). The number of allylic oxidation sites excluding steroid dienone is 1. The van der Waals surface area contributed by atoms with Crippen molar-refractivity contribution in [1.82, 2.24) is 0 Å². The van der Waals surface area contributed by atoms with Gasteiger partial charge >= 0.3 is 0 Å². The molecular weight excluding hydrogens is 232 g/mol. The third-order valence-corrected chi connectivity index (χ3v) is 5.19. The molecule has 1 nitrogen and oxygen atoms in total. The maximum atomic E-state index is 12.2. The third-order valence-electron chi connectivity index (χ3n) is 5.19. The third kappa shape index (κ3) is 1.87. The Hall–Kier alpha value is -1.37. The molecule has 0 aromatic heterocycles. The van der Waals surface area contributed by atoms with E-state index in [9.17, 15) is 4.79 Å². The molecule has 2 aliphatic carbocycles. The fourth-order valence-electron chi connectivity index (χ4n) is 4.13. The first-order valence-electron chi connectivity index (χ1n) is 7.35. The van der Waals surface area contributed by atoms with Crippen molar-refractivity contribution in [2.75, 3.05) is 0 Å². The highest BCUT2D eigenvalue weighted by Crippen LogP contribution is 2.58. The predicted molar refractivity (Wildman–Crippen MR) is 80.2 cm³/mol. The zero-order valence-electron chi connectivity index (χ0n) is 12.0. The van der Waals surface area contributed by atoms with Gasteiger partial charge in [-0.05, 0) is 47.6 Å². The number of hydrogen-bond donors (Lipinski definition) is 0. The maximum absolute atomic E-state index is 12.2. The first kappa shape index (κ1) is 12.7. The van der Waals surface area contributed by atoms with Crippen molar-refractivity contribution in [3.05, 3.63) is 51.7 Å². The molecule has 1 aromatic carbocycles. The second kappa shape index (κ2) is 4.33. The summed E-state index contributed by atoms with van der Waals surface area (Å²) in [4.78, 5) is 12.2. The number of fused-ring (bicyclic) bond motifs is 3. The highest BCUT2D eigenvalue weighted by atomic mass is 16.1. The monoisotopic (exact) mass is 254 g/mol. The lowest BCUT2D eigenvalue weighted by Gasteiger charge is -2.37. The second-order valence-electron chi connectivity index (χ2n) is 6.71. The zero-order valence-corrected chi connectivity index (χ0v) is 12.0. The lowest BCUT2D eigenvalue weighted by Crippen LogP contribution is -2.28. The highest BCUT2D eigenvalue weighted by molar-refractivity contribution is 5.59. The molecule has 0 saturated heterocycles. The molecule has 1 heteroatoms.